The molecule has 1 heterocycles. The third kappa shape index (κ3) is 3.08. The topological polar surface area (TPSA) is 49.4 Å². The van der Waals surface area contributed by atoms with Gasteiger partial charge >= 0.3 is 0 Å². The molecule has 0 radical (unpaired) electrons. The van der Waals surface area contributed by atoms with Crippen molar-refractivity contribution >= 4 is 11.8 Å². The second-order valence-corrected chi connectivity index (χ2v) is 4.61. The zero-order chi connectivity index (χ0) is 12.3. The lowest BCUT2D eigenvalue weighted by Crippen LogP contribution is -2.44. The highest BCUT2D eigenvalue weighted by atomic mass is 16.2. The molecule has 4 nitrogen and oxygen atoms in total. The summed E-state index contributed by atoms with van der Waals surface area (Å²) in [5.41, 5.74) is 1.18. The van der Waals surface area contributed by atoms with Crippen molar-refractivity contribution in [3.05, 3.63) is 11.6 Å². The normalized spacial score (nSPS) is 26.1. The van der Waals surface area contributed by atoms with Gasteiger partial charge in [-0.25, -0.2) is 0 Å². The maximum absolute atomic E-state index is 12.0. The number of allylic oxidation sites excluding steroid dienone is 1. The molecule has 0 bridgehead atoms. The molecule has 4 heteroatoms. The molecule has 0 spiro atoms. The van der Waals surface area contributed by atoms with Crippen LogP contribution in [-0.4, -0.2) is 35.3 Å². The largest absolute Gasteiger partial charge is 0.345 e. The quantitative estimate of drug-likeness (QED) is 0.713. The minimum Gasteiger partial charge on any atom is -0.345 e. The van der Waals surface area contributed by atoms with Crippen molar-refractivity contribution < 1.29 is 9.59 Å². The lowest BCUT2D eigenvalue weighted by Gasteiger charge is -2.26. The summed E-state index contributed by atoms with van der Waals surface area (Å²) in [5, 5.41) is 2.69. The fraction of sp³-hybridized carbons (Fsp3) is 0.667. The van der Waals surface area contributed by atoms with Crippen molar-refractivity contribution in [2.75, 3.05) is 6.54 Å². The Kier molecular flexibility index (Phi) is 4.10. The van der Waals surface area contributed by atoms with Crippen molar-refractivity contribution in [2.45, 2.75) is 46.2 Å². The Hall–Kier alpha value is -1.32. The lowest BCUT2D eigenvalue weighted by molar-refractivity contribution is -0.133. The van der Waals surface area contributed by atoms with Gasteiger partial charge in [0, 0.05) is 19.0 Å². The molecule has 16 heavy (non-hydrogen) atoms. The Balaban J connectivity index is 2.82. The number of rotatable bonds is 2. The molecular weight excluding hydrogens is 204 g/mol. The van der Waals surface area contributed by atoms with Crippen LogP contribution >= 0.6 is 0 Å². The molecule has 1 rings (SSSR count). The Bertz CT molecular complexity index is 319. The van der Waals surface area contributed by atoms with Gasteiger partial charge in [-0.3, -0.25) is 9.59 Å². The Labute approximate surface area is 96.7 Å². The van der Waals surface area contributed by atoms with Gasteiger partial charge in [0.05, 0.1) is 0 Å². The van der Waals surface area contributed by atoms with Crippen LogP contribution in [0.1, 0.15) is 34.1 Å². The number of nitrogens with one attached hydrogen (secondary N) is 1. The van der Waals surface area contributed by atoms with E-state index < -0.39 is 6.04 Å². The van der Waals surface area contributed by atoms with E-state index in [9.17, 15) is 9.59 Å². The first-order valence-corrected chi connectivity index (χ1v) is 5.65. The number of hydrogen-bond acceptors (Lipinski definition) is 2. The fourth-order valence-corrected chi connectivity index (χ4v) is 1.76. The predicted octanol–water partition coefficient (Wildman–Crippen LogP) is 1.08. The van der Waals surface area contributed by atoms with E-state index >= 15 is 0 Å². The number of carbonyl (C=O) groups excluding carboxylic acids is 2. The molecule has 1 fully saturated rings. The maximum atomic E-state index is 12.0. The summed E-state index contributed by atoms with van der Waals surface area (Å²) in [6, 6.07) is -0.448. The Morgan fingerprint density at radius 3 is 2.62 bits per heavy atom. The van der Waals surface area contributed by atoms with E-state index in [1.54, 1.807) is 11.8 Å². The molecule has 90 valence electrons. The summed E-state index contributed by atoms with van der Waals surface area (Å²) >= 11 is 0. The number of nitrogens with zero attached hydrogens (tertiary/aromatic N) is 1. The van der Waals surface area contributed by atoms with Gasteiger partial charge in [-0.2, -0.15) is 0 Å². The van der Waals surface area contributed by atoms with Crippen LogP contribution in [0.3, 0.4) is 0 Å². The molecule has 2 atom stereocenters. The standard InChI is InChI=1S/C12H20N2O2/c1-8(2)5-6-14-9(3)7-11(15)13-10(4)12(14)16/h5,9-10H,6-7H2,1-4H3,(H,13,15). The molecule has 1 saturated heterocycles. The zero-order valence-corrected chi connectivity index (χ0v) is 10.4. The molecule has 1 aliphatic rings. The Morgan fingerprint density at radius 2 is 2.06 bits per heavy atom. The minimum atomic E-state index is -0.414. The van der Waals surface area contributed by atoms with E-state index in [-0.39, 0.29) is 17.9 Å². The molecule has 1 aliphatic heterocycles. The van der Waals surface area contributed by atoms with E-state index in [0.29, 0.717) is 13.0 Å². The average Bonchev–Trinajstić information content (AvgIpc) is 2.23. The molecule has 0 saturated carbocycles. The molecule has 0 aromatic rings. The zero-order valence-electron chi connectivity index (χ0n) is 10.4. The number of hydrogen-bond donors (Lipinski definition) is 1. The second kappa shape index (κ2) is 5.14. The third-order valence-corrected chi connectivity index (χ3v) is 2.74. The number of amides is 2. The first kappa shape index (κ1) is 12.7. The smallest absolute Gasteiger partial charge is 0.245 e. The minimum absolute atomic E-state index is 0.00384. The Morgan fingerprint density at radius 1 is 1.44 bits per heavy atom. The lowest BCUT2D eigenvalue weighted by atomic mass is 10.2. The van der Waals surface area contributed by atoms with Gasteiger partial charge in [0.15, 0.2) is 0 Å². The van der Waals surface area contributed by atoms with Crippen LogP contribution in [0.15, 0.2) is 11.6 Å². The van der Waals surface area contributed by atoms with Gasteiger partial charge in [0.1, 0.15) is 6.04 Å². The molecule has 2 unspecified atom stereocenters. The van der Waals surface area contributed by atoms with E-state index in [1.165, 1.54) is 5.57 Å². The van der Waals surface area contributed by atoms with Crippen molar-refractivity contribution in [3.8, 4) is 0 Å². The van der Waals surface area contributed by atoms with E-state index in [4.69, 9.17) is 0 Å². The van der Waals surface area contributed by atoms with Crippen molar-refractivity contribution in [1.29, 1.82) is 0 Å². The van der Waals surface area contributed by atoms with Crippen molar-refractivity contribution in [3.63, 3.8) is 0 Å². The van der Waals surface area contributed by atoms with Crippen LogP contribution in [0.5, 0.6) is 0 Å². The van der Waals surface area contributed by atoms with Gasteiger partial charge in [0.25, 0.3) is 0 Å². The van der Waals surface area contributed by atoms with Crippen molar-refractivity contribution in [1.82, 2.24) is 10.2 Å². The summed E-state index contributed by atoms with van der Waals surface area (Å²) in [4.78, 5) is 25.2. The maximum Gasteiger partial charge on any atom is 0.245 e. The summed E-state index contributed by atoms with van der Waals surface area (Å²) in [6.07, 6.45) is 2.39. The average molecular weight is 224 g/mol. The third-order valence-electron chi connectivity index (χ3n) is 2.74. The van der Waals surface area contributed by atoms with Gasteiger partial charge in [-0.15, -0.1) is 0 Å². The van der Waals surface area contributed by atoms with Gasteiger partial charge < -0.3 is 10.2 Å². The first-order valence-electron chi connectivity index (χ1n) is 5.65. The number of carbonyl (C=O) groups is 2. The fourth-order valence-electron chi connectivity index (χ4n) is 1.76. The van der Waals surface area contributed by atoms with Crippen LogP contribution in [0.2, 0.25) is 0 Å². The monoisotopic (exact) mass is 224 g/mol. The summed E-state index contributed by atoms with van der Waals surface area (Å²) in [7, 11) is 0. The summed E-state index contributed by atoms with van der Waals surface area (Å²) in [5.74, 6) is -0.0519. The molecule has 0 aliphatic carbocycles. The highest BCUT2D eigenvalue weighted by molar-refractivity contribution is 5.90. The van der Waals surface area contributed by atoms with E-state index in [2.05, 4.69) is 5.32 Å². The van der Waals surface area contributed by atoms with E-state index in [1.807, 2.05) is 26.8 Å². The van der Waals surface area contributed by atoms with Crippen LogP contribution < -0.4 is 5.32 Å². The predicted molar refractivity (Wildman–Crippen MR) is 62.8 cm³/mol. The molecular formula is C12H20N2O2. The van der Waals surface area contributed by atoms with Crippen molar-refractivity contribution in [2.24, 2.45) is 0 Å². The van der Waals surface area contributed by atoms with Gasteiger partial charge in [-0.1, -0.05) is 11.6 Å². The first-order chi connectivity index (χ1) is 7.41. The summed E-state index contributed by atoms with van der Waals surface area (Å²) in [6.45, 7) is 8.23. The SMILES string of the molecule is CC(C)=CCN1C(=O)C(C)NC(=O)CC1C. The molecule has 1 N–H and O–H groups in total. The van der Waals surface area contributed by atoms with E-state index in [0.717, 1.165) is 0 Å². The van der Waals surface area contributed by atoms with Gasteiger partial charge in [-0.05, 0) is 27.7 Å². The molecule has 2 amide bonds. The van der Waals surface area contributed by atoms with Crippen LogP contribution in [0.4, 0.5) is 0 Å². The second-order valence-electron chi connectivity index (χ2n) is 4.61. The molecule has 0 aromatic carbocycles. The summed E-state index contributed by atoms with van der Waals surface area (Å²) < 4.78 is 0. The molecule has 0 aromatic heterocycles. The van der Waals surface area contributed by atoms with Crippen LogP contribution in [0, 0.1) is 0 Å². The van der Waals surface area contributed by atoms with Gasteiger partial charge in [0.2, 0.25) is 11.8 Å². The van der Waals surface area contributed by atoms with Crippen LogP contribution in [-0.2, 0) is 9.59 Å². The highest BCUT2D eigenvalue weighted by Crippen LogP contribution is 2.11. The van der Waals surface area contributed by atoms with Crippen LogP contribution in [0.25, 0.3) is 0 Å². The highest BCUT2D eigenvalue weighted by Gasteiger charge is 2.30.